The Balaban J connectivity index is 2.21. The van der Waals surface area contributed by atoms with Gasteiger partial charge in [-0.3, -0.25) is 4.79 Å². The molecule has 0 aliphatic carbocycles. The maximum atomic E-state index is 11.7. The first-order valence-corrected chi connectivity index (χ1v) is 5.18. The first-order valence-electron chi connectivity index (χ1n) is 5.18. The summed E-state index contributed by atoms with van der Waals surface area (Å²) < 4.78 is 10.2. The Kier molecular flexibility index (Phi) is 2.90. The molecule has 1 aliphatic rings. The van der Waals surface area contributed by atoms with Crippen molar-refractivity contribution in [2.45, 2.75) is 19.4 Å². The van der Waals surface area contributed by atoms with Gasteiger partial charge < -0.3 is 9.47 Å². The predicted molar refractivity (Wildman–Crippen MR) is 56.4 cm³/mol. The lowest BCUT2D eigenvalue weighted by Crippen LogP contribution is -2.35. The fourth-order valence-electron chi connectivity index (χ4n) is 1.64. The average Bonchev–Trinajstić information content (AvgIpc) is 2.29. The number of carbonyl (C=O) groups excluding carboxylic acids is 2. The maximum absolute atomic E-state index is 11.7. The molecule has 0 fully saturated rings. The van der Waals surface area contributed by atoms with Crippen molar-refractivity contribution in [3.63, 3.8) is 0 Å². The third kappa shape index (κ3) is 1.91. The Bertz CT molecular complexity index is 425. The highest BCUT2D eigenvalue weighted by molar-refractivity contribution is 6.02. The Morgan fingerprint density at radius 1 is 1.50 bits per heavy atom. The van der Waals surface area contributed by atoms with Gasteiger partial charge >= 0.3 is 5.97 Å². The molecule has 0 bridgehead atoms. The molecule has 0 amide bonds. The highest BCUT2D eigenvalue weighted by atomic mass is 16.6. The molecule has 4 nitrogen and oxygen atoms in total. The molecule has 1 aliphatic heterocycles. The van der Waals surface area contributed by atoms with Crippen LogP contribution in [0.2, 0.25) is 0 Å². The average molecular weight is 220 g/mol. The van der Waals surface area contributed by atoms with Crippen LogP contribution in [-0.2, 0) is 9.53 Å². The molecule has 0 radical (unpaired) electrons. The van der Waals surface area contributed by atoms with Crippen LogP contribution in [0, 0.1) is 0 Å². The first-order chi connectivity index (χ1) is 7.72. The number of ketones is 1. The molecule has 1 aromatic carbocycles. The lowest BCUT2D eigenvalue weighted by atomic mass is 10.0. The molecule has 1 heterocycles. The number of hydrogen-bond acceptors (Lipinski definition) is 4. The van der Waals surface area contributed by atoms with Crippen molar-refractivity contribution in [2.75, 3.05) is 6.61 Å². The van der Waals surface area contributed by atoms with Crippen molar-refractivity contribution in [2.24, 2.45) is 0 Å². The van der Waals surface area contributed by atoms with E-state index in [-0.39, 0.29) is 18.8 Å². The molecule has 1 atom stereocenters. The normalized spacial score (nSPS) is 18.6. The highest BCUT2D eigenvalue weighted by Crippen LogP contribution is 2.27. The minimum atomic E-state index is -0.803. The van der Waals surface area contributed by atoms with Gasteiger partial charge in [0.05, 0.1) is 18.6 Å². The number of carbonyl (C=O) groups is 2. The van der Waals surface area contributed by atoms with E-state index in [9.17, 15) is 9.59 Å². The van der Waals surface area contributed by atoms with Crippen LogP contribution in [-0.4, -0.2) is 24.5 Å². The predicted octanol–water partition coefficient (Wildman–Crippen LogP) is 1.58. The molecule has 4 heteroatoms. The molecule has 0 N–H and O–H groups in total. The third-order valence-electron chi connectivity index (χ3n) is 2.38. The van der Waals surface area contributed by atoms with E-state index in [1.165, 1.54) is 0 Å². The molecule has 84 valence electrons. The second kappa shape index (κ2) is 4.35. The maximum Gasteiger partial charge on any atom is 0.347 e. The number of para-hydroxylation sites is 1. The van der Waals surface area contributed by atoms with E-state index in [1.807, 2.05) is 0 Å². The lowest BCUT2D eigenvalue weighted by molar-refractivity contribution is -0.151. The summed E-state index contributed by atoms with van der Waals surface area (Å²) >= 11 is 0. The van der Waals surface area contributed by atoms with E-state index < -0.39 is 12.1 Å². The molecular formula is C12H12O4. The molecule has 1 aromatic rings. The van der Waals surface area contributed by atoms with Gasteiger partial charge in [-0.05, 0) is 19.1 Å². The van der Waals surface area contributed by atoms with Gasteiger partial charge in [-0.25, -0.2) is 4.79 Å². The third-order valence-corrected chi connectivity index (χ3v) is 2.38. The second-order valence-electron chi connectivity index (χ2n) is 3.48. The Labute approximate surface area is 93.2 Å². The van der Waals surface area contributed by atoms with Crippen molar-refractivity contribution in [1.82, 2.24) is 0 Å². The largest absolute Gasteiger partial charge is 0.477 e. The van der Waals surface area contributed by atoms with Crippen LogP contribution in [0.15, 0.2) is 24.3 Å². The van der Waals surface area contributed by atoms with E-state index in [0.717, 1.165) is 0 Å². The second-order valence-corrected chi connectivity index (χ2v) is 3.48. The van der Waals surface area contributed by atoms with Crippen LogP contribution in [0.1, 0.15) is 23.7 Å². The zero-order chi connectivity index (χ0) is 11.5. The number of hydrogen-bond donors (Lipinski definition) is 0. The zero-order valence-corrected chi connectivity index (χ0v) is 8.93. The number of benzene rings is 1. The molecule has 2 rings (SSSR count). The summed E-state index contributed by atoms with van der Waals surface area (Å²) in [6.45, 7) is 2.00. The summed E-state index contributed by atoms with van der Waals surface area (Å²) in [5.74, 6) is -0.109. The van der Waals surface area contributed by atoms with E-state index in [2.05, 4.69) is 0 Å². The van der Waals surface area contributed by atoms with Gasteiger partial charge in [-0.2, -0.15) is 0 Å². The van der Waals surface area contributed by atoms with Crippen LogP contribution < -0.4 is 4.74 Å². The summed E-state index contributed by atoms with van der Waals surface area (Å²) in [4.78, 5) is 23.2. The zero-order valence-electron chi connectivity index (χ0n) is 8.93. The molecule has 0 spiro atoms. The summed E-state index contributed by atoms with van der Waals surface area (Å²) in [7, 11) is 0. The van der Waals surface area contributed by atoms with Crippen LogP contribution in [0.4, 0.5) is 0 Å². The Hall–Kier alpha value is -1.84. The molecule has 0 saturated heterocycles. The molecule has 0 aromatic heterocycles. The van der Waals surface area contributed by atoms with Crippen LogP contribution in [0.3, 0.4) is 0 Å². The summed E-state index contributed by atoms with van der Waals surface area (Å²) in [5.41, 5.74) is 0.531. The van der Waals surface area contributed by atoms with Gasteiger partial charge in [0.1, 0.15) is 5.75 Å². The molecule has 16 heavy (non-hydrogen) atoms. The summed E-state index contributed by atoms with van der Waals surface area (Å²) in [6, 6.07) is 6.90. The number of esters is 1. The van der Waals surface area contributed by atoms with E-state index >= 15 is 0 Å². The topological polar surface area (TPSA) is 52.6 Å². The first kappa shape index (κ1) is 10.7. The van der Waals surface area contributed by atoms with Crippen LogP contribution in [0.5, 0.6) is 5.75 Å². The minimum absolute atomic E-state index is 0.0514. The fourth-order valence-corrected chi connectivity index (χ4v) is 1.64. The van der Waals surface area contributed by atoms with E-state index in [4.69, 9.17) is 9.47 Å². The van der Waals surface area contributed by atoms with Gasteiger partial charge in [-0.1, -0.05) is 12.1 Å². The molecular weight excluding hydrogens is 208 g/mol. The summed E-state index contributed by atoms with van der Waals surface area (Å²) in [6.07, 6.45) is -0.752. The van der Waals surface area contributed by atoms with Crippen molar-refractivity contribution < 1.29 is 19.1 Å². The van der Waals surface area contributed by atoms with Crippen molar-refractivity contribution in [3.05, 3.63) is 29.8 Å². The van der Waals surface area contributed by atoms with Crippen molar-refractivity contribution >= 4 is 11.8 Å². The summed E-state index contributed by atoms with van der Waals surface area (Å²) in [5, 5.41) is 0. The van der Waals surface area contributed by atoms with Crippen LogP contribution in [0.25, 0.3) is 0 Å². The fraction of sp³-hybridized carbons (Fsp3) is 0.333. The Morgan fingerprint density at radius 2 is 2.25 bits per heavy atom. The monoisotopic (exact) mass is 220 g/mol. The quantitative estimate of drug-likeness (QED) is 0.710. The standard InChI is InChI=1S/C12H12O4/c1-2-15-12(14)11-7-9(13)8-5-3-4-6-10(8)16-11/h3-6,11H,2,7H2,1H3. The van der Waals surface area contributed by atoms with Gasteiger partial charge in [-0.15, -0.1) is 0 Å². The van der Waals surface area contributed by atoms with Crippen molar-refractivity contribution in [1.29, 1.82) is 0 Å². The smallest absolute Gasteiger partial charge is 0.347 e. The van der Waals surface area contributed by atoms with Crippen LogP contribution >= 0.6 is 0 Å². The highest BCUT2D eigenvalue weighted by Gasteiger charge is 2.31. The lowest BCUT2D eigenvalue weighted by Gasteiger charge is -2.23. The SMILES string of the molecule is CCOC(=O)C1CC(=O)c2ccccc2O1. The van der Waals surface area contributed by atoms with Gasteiger partial charge in [0.2, 0.25) is 6.10 Å². The number of Topliss-reactive ketones (excluding diaryl/α,β-unsaturated/α-hetero) is 1. The molecule has 0 saturated carbocycles. The number of fused-ring (bicyclic) bond motifs is 1. The molecule has 1 unspecified atom stereocenters. The minimum Gasteiger partial charge on any atom is -0.477 e. The van der Waals surface area contributed by atoms with E-state index in [1.54, 1.807) is 31.2 Å². The van der Waals surface area contributed by atoms with Gasteiger partial charge in [0.25, 0.3) is 0 Å². The van der Waals surface area contributed by atoms with Gasteiger partial charge in [0.15, 0.2) is 5.78 Å². The Morgan fingerprint density at radius 3 is 3.00 bits per heavy atom. The van der Waals surface area contributed by atoms with Crippen molar-refractivity contribution in [3.8, 4) is 5.75 Å². The van der Waals surface area contributed by atoms with Gasteiger partial charge in [0, 0.05) is 0 Å². The number of ether oxygens (including phenoxy) is 2. The van der Waals surface area contributed by atoms with E-state index in [0.29, 0.717) is 11.3 Å². The number of rotatable bonds is 2.